The van der Waals surface area contributed by atoms with Crippen LogP contribution in [0.3, 0.4) is 0 Å². The van der Waals surface area contributed by atoms with E-state index in [1.165, 1.54) is 16.5 Å². The highest BCUT2D eigenvalue weighted by Crippen LogP contribution is 2.29. The van der Waals surface area contributed by atoms with Crippen LogP contribution in [0.1, 0.15) is 53.0 Å². The Kier molecular flexibility index (Phi) is 3.27. The van der Waals surface area contributed by atoms with Gasteiger partial charge in [-0.3, -0.25) is 0 Å². The van der Waals surface area contributed by atoms with Gasteiger partial charge in [0.25, 0.3) is 0 Å². The summed E-state index contributed by atoms with van der Waals surface area (Å²) in [5.41, 5.74) is 2.93. The molecule has 18 heavy (non-hydrogen) atoms. The van der Waals surface area contributed by atoms with Gasteiger partial charge in [0.05, 0.1) is 0 Å². The molecule has 0 radical (unpaired) electrons. The third kappa shape index (κ3) is 2.31. The summed E-state index contributed by atoms with van der Waals surface area (Å²) < 4.78 is 2.35. The molecule has 2 aromatic rings. The maximum absolute atomic E-state index is 2.35. The Morgan fingerprint density at radius 3 is 2.22 bits per heavy atom. The van der Waals surface area contributed by atoms with Gasteiger partial charge in [-0.2, -0.15) is 0 Å². The largest absolute Gasteiger partial charge is 0.342 e. The van der Waals surface area contributed by atoms with Gasteiger partial charge in [-0.05, 0) is 61.8 Å². The fourth-order valence-corrected chi connectivity index (χ4v) is 2.41. The molecular weight excluding hydrogens is 218 g/mol. The first kappa shape index (κ1) is 13.2. The van der Waals surface area contributed by atoms with Gasteiger partial charge in [0.1, 0.15) is 0 Å². The minimum absolute atomic E-state index is 0.146. The van der Waals surface area contributed by atoms with Crippen molar-refractivity contribution in [2.75, 3.05) is 0 Å². The van der Waals surface area contributed by atoms with E-state index in [2.05, 4.69) is 76.6 Å². The topological polar surface area (TPSA) is 4.93 Å². The van der Waals surface area contributed by atoms with Gasteiger partial charge in [0, 0.05) is 17.3 Å². The Labute approximate surface area is 111 Å². The molecule has 2 rings (SSSR count). The fraction of sp³-hybridized carbons (Fsp3) is 0.529. The standard InChI is InChI=1S/C17H25N/c1-12(2)13(3)14-7-8-16-15(11-14)9-10-18(16)17(4,5)6/h7-13H,1-6H3. The molecule has 98 valence electrons. The van der Waals surface area contributed by atoms with Crippen LogP contribution in [-0.4, -0.2) is 4.57 Å². The molecule has 0 aliphatic heterocycles. The summed E-state index contributed by atoms with van der Waals surface area (Å²) in [7, 11) is 0. The minimum Gasteiger partial charge on any atom is -0.342 e. The van der Waals surface area contributed by atoms with E-state index in [9.17, 15) is 0 Å². The number of aromatic nitrogens is 1. The molecule has 0 amide bonds. The first-order valence-corrected chi connectivity index (χ1v) is 6.92. The first-order valence-electron chi connectivity index (χ1n) is 6.92. The average Bonchev–Trinajstić information content (AvgIpc) is 2.69. The molecule has 0 saturated carbocycles. The first-order chi connectivity index (χ1) is 8.30. The second-order valence-corrected chi connectivity index (χ2v) is 6.71. The lowest BCUT2D eigenvalue weighted by Gasteiger charge is -2.23. The Morgan fingerprint density at radius 2 is 1.67 bits per heavy atom. The summed E-state index contributed by atoms with van der Waals surface area (Å²) in [6.07, 6.45) is 2.20. The van der Waals surface area contributed by atoms with Crippen molar-refractivity contribution in [2.24, 2.45) is 5.92 Å². The second-order valence-electron chi connectivity index (χ2n) is 6.71. The normalized spacial score (nSPS) is 14.4. The summed E-state index contributed by atoms with van der Waals surface area (Å²) in [6, 6.07) is 9.14. The van der Waals surface area contributed by atoms with Gasteiger partial charge >= 0.3 is 0 Å². The van der Waals surface area contributed by atoms with Gasteiger partial charge < -0.3 is 4.57 Å². The predicted octanol–water partition coefficient (Wildman–Crippen LogP) is 5.16. The van der Waals surface area contributed by atoms with Crippen molar-refractivity contribution in [1.29, 1.82) is 0 Å². The van der Waals surface area contributed by atoms with E-state index in [0.29, 0.717) is 11.8 Å². The zero-order valence-corrected chi connectivity index (χ0v) is 12.5. The second kappa shape index (κ2) is 4.46. The highest BCUT2D eigenvalue weighted by atomic mass is 15.0. The average molecular weight is 243 g/mol. The van der Waals surface area contributed by atoms with Crippen LogP contribution in [-0.2, 0) is 5.54 Å². The van der Waals surface area contributed by atoms with Crippen LogP contribution in [0.5, 0.6) is 0 Å². The molecule has 0 spiro atoms. The Balaban J connectivity index is 2.49. The molecule has 1 nitrogen and oxygen atoms in total. The van der Waals surface area contributed by atoms with Gasteiger partial charge in [-0.1, -0.05) is 26.8 Å². The van der Waals surface area contributed by atoms with Crippen molar-refractivity contribution < 1.29 is 0 Å². The SMILES string of the molecule is CC(C)C(C)c1ccc2c(ccn2C(C)(C)C)c1. The lowest BCUT2D eigenvalue weighted by atomic mass is 9.90. The van der Waals surface area contributed by atoms with Gasteiger partial charge in [0.15, 0.2) is 0 Å². The summed E-state index contributed by atoms with van der Waals surface area (Å²) in [6.45, 7) is 13.6. The Morgan fingerprint density at radius 1 is 1.00 bits per heavy atom. The lowest BCUT2D eigenvalue weighted by molar-refractivity contribution is 0.411. The minimum atomic E-state index is 0.146. The molecule has 1 aromatic carbocycles. The van der Waals surface area contributed by atoms with Crippen molar-refractivity contribution in [3.05, 3.63) is 36.0 Å². The molecule has 0 fully saturated rings. The molecule has 1 heteroatoms. The molecule has 0 N–H and O–H groups in total. The van der Waals surface area contributed by atoms with E-state index in [0.717, 1.165) is 0 Å². The van der Waals surface area contributed by atoms with Crippen molar-refractivity contribution >= 4 is 10.9 Å². The van der Waals surface area contributed by atoms with Crippen molar-refractivity contribution in [3.63, 3.8) is 0 Å². The number of hydrogen-bond donors (Lipinski definition) is 0. The zero-order chi connectivity index (χ0) is 13.5. The van der Waals surface area contributed by atoms with Gasteiger partial charge in [-0.15, -0.1) is 0 Å². The van der Waals surface area contributed by atoms with Crippen LogP contribution in [0.15, 0.2) is 30.5 Å². The summed E-state index contributed by atoms with van der Waals surface area (Å²) in [5.74, 6) is 1.31. The lowest BCUT2D eigenvalue weighted by Crippen LogP contribution is -2.20. The molecule has 1 unspecified atom stereocenters. The van der Waals surface area contributed by atoms with Crippen LogP contribution < -0.4 is 0 Å². The third-order valence-electron chi connectivity index (χ3n) is 3.96. The van der Waals surface area contributed by atoms with E-state index < -0.39 is 0 Å². The third-order valence-corrected chi connectivity index (χ3v) is 3.96. The highest BCUT2D eigenvalue weighted by molar-refractivity contribution is 5.81. The smallest absolute Gasteiger partial charge is 0.0485 e. The number of rotatable bonds is 2. The number of nitrogens with zero attached hydrogens (tertiary/aromatic N) is 1. The van der Waals surface area contributed by atoms with Crippen molar-refractivity contribution in [1.82, 2.24) is 4.57 Å². The van der Waals surface area contributed by atoms with Crippen LogP contribution in [0.25, 0.3) is 10.9 Å². The maximum atomic E-state index is 2.35. The Bertz CT molecular complexity index is 540. The zero-order valence-electron chi connectivity index (χ0n) is 12.5. The predicted molar refractivity (Wildman–Crippen MR) is 80.2 cm³/mol. The van der Waals surface area contributed by atoms with Crippen LogP contribution in [0, 0.1) is 5.92 Å². The van der Waals surface area contributed by atoms with Gasteiger partial charge in [-0.25, -0.2) is 0 Å². The van der Waals surface area contributed by atoms with E-state index in [1.54, 1.807) is 0 Å². The van der Waals surface area contributed by atoms with E-state index in [-0.39, 0.29) is 5.54 Å². The molecule has 1 heterocycles. The maximum Gasteiger partial charge on any atom is 0.0485 e. The molecule has 1 aromatic heterocycles. The van der Waals surface area contributed by atoms with Crippen LogP contribution >= 0.6 is 0 Å². The molecule has 0 aliphatic carbocycles. The number of benzene rings is 1. The molecular formula is C17H25N. The van der Waals surface area contributed by atoms with Crippen LogP contribution in [0.4, 0.5) is 0 Å². The summed E-state index contributed by atoms with van der Waals surface area (Å²) >= 11 is 0. The molecule has 1 atom stereocenters. The highest BCUT2D eigenvalue weighted by Gasteiger charge is 2.16. The summed E-state index contributed by atoms with van der Waals surface area (Å²) in [4.78, 5) is 0. The number of hydrogen-bond acceptors (Lipinski definition) is 0. The van der Waals surface area contributed by atoms with E-state index in [4.69, 9.17) is 0 Å². The number of fused-ring (bicyclic) bond motifs is 1. The quantitative estimate of drug-likeness (QED) is 0.687. The van der Waals surface area contributed by atoms with Crippen molar-refractivity contribution in [2.45, 2.75) is 53.0 Å². The monoisotopic (exact) mass is 243 g/mol. The van der Waals surface area contributed by atoms with Crippen LogP contribution in [0.2, 0.25) is 0 Å². The molecule has 0 aliphatic rings. The summed E-state index contributed by atoms with van der Waals surface area (Å²) in [5, 5.41) is 1.36. The molecule has 0 bridgehead atoms. The molecule has 0 saturated heterocycles. The van der Waals surface area contributed by atoms with Gasteiger partial charge in [0.2, 0.25) is 0 Å². The fourth-order valence-electron chi connectivity index (χ4n) is 2.41. The van der Waals surface area contributed by atoms with Crippen molar-refractivity contribution in [3.8, 4) is 0 Å². The van der Waals surface area contributed by atoms with E-state index in [1.807, 2.05) is 0 Å². The Hall–Kier alpha value is -1.24. The van der Waals surface area contributed by atoms with E-state index >= 15 is 0 Å².